The largest absolute Gasteiger partial charge is 0.493 e. The molecule has 1 aliphatic heterocycles. The van der Waals surface area contributed by atoms with Crippen molar-refractivity contribution in [2.75, 3.05) is 25.0 Å². The monoisotopic (exact) mass is 320 g/mol. The van der Waals surface area contributed by atoms with Crippen molar-refractivity contribution in [3.63, 3.8) is 0 Å². The molecule has 0 spiro atoms. The molecule has 0 aromatic heterocycles. The van der Waals surface area contributed by atoms with Crippen LogP contribution < -0.4 is 10.1 Å². The van der Waals surface area contributed by atoms with Gasteiger partial charge in [0.25, 0.3) is 0 Å². The number of carbonyl (C=O) groups excluding carboxylic acids is 1. The van der Waals surface area contributed by atoms with Crippen molar-refractivity contribution in [2.45, 2.75) is 26.7 Å². The smallest absolute Gasteiger partial charge is 0.321 e. The Labute approximate surface area is 136 Å². The van der Waals surface area contributed by atoms with E-state index in [1.165, 1.54) is 0 Å². The van der Waals surface area contributed by atoms with Gasteiger partial charge in [-0.3, -0.25) is 4.79 Å². The van der Waals surface area contributed by atoms with E-state index in [1.807, 2.05) is 12.1 Å². The van der Waals surface area contributed by atoms with E-state index in [-0.39, 0.29) is 12.6 Å². The maximum absolute atomic E-state index is 12.3. The van der Waals surface area contributed by atoms with Crippen molar-refractivity contribution in [2.24, 2.45) is 11.8 Å². The molecular formula is C17H24N2O4. The van der Waals surface area contributed by atoms with Gasteiger partial charge in [-0.1, -0.05) is 19.9 Å². The molecule has 6 nitrogen and oxygen atoms in total. The molecule has 0 bridgehead atoms. The molecular weight excluding hydrogens is 296 g/mol. The number of ether oxygens (including phenoxy) is 1. The number of benzene rings is 1. The van der Waals surface area contributed by atoms with Gasteiger partial charge < -0.3 is 20.1 Å². The number of urea groups is 1. The number of anilines is 1. The van der Waals surface area contributed by atoms with Crippen LogP contribution in [0.1, 0.15) is 26.7 Å². The second kappa shape index (κ2) is 7.85. The zero-order valence-electron chi connectivity index (χ0n) is 13.6. The van der Waals surface area contributed by atoms with Crippen LogP contribution in [0.5, 0.6) is 5.75 Å². The molecule has 1 aromatic carbocycles. The zero-order valence-corrected chi connectivity index (χ0v) is 13.6. The fourth-order valence-corrected chi connectivity index (χ4v) is 2.49. The van der Waals surface area contributed by atoms with Crippen LogP contribution in [0.3, 0.4) is 0 Å². The van der Waals surface area contributed by atoms with Crippen molar-refractivity contribution >= 4 is 17.7 Å². The quantitative estimate of drug-likeness (QED) is 0.874. The second-order valence-corrected chi connectivity index (χ2v) is 6.29. The lowest BCUT2D eigenvalue weighted by Gasteiger charge is -2.30. The lowest BCUT2D eigenvalue weighted by atomic mass is 9.99. The van der Waals surface area contributed by atoms with Gasteiger partial charge in [-0.15, -0.1) is 0 Å². The van der Waals surface area contributed by atoms with Crippen LogP contribution >= 0.6 is 0 Å². The lowest BCUT2D eigenvalue weighted by molar-refractivity contribution is -0.143. The van der Waals surface area contributed by atoms with Crippen molar-refractivity contribution in [3.05, 3.63) is 24.3 Å². The number of rotatable bonds is 5. The number of aliphatic carboxylic acids is 1. The van der Waals surface area contributed by atoms with E-state index < -0.39 is 11.9 Å². The molecule has 0 saturated carbocycles. The van der Waals surface area contributed by atoms with Crippen LogP contribution in [0.2, 0.25) is 0 Å². The molecule has 2 amide bonds. The summed E-state index contributed by atoms with van der Waals surface area (Å²) in [6.45, 7) is 5.59. The number of hydrogen-bond donors (Lipinski definition) is 2. The van der Waals surface area contributed by atoms with E-state index in [9.17, 15) is 9.59 Å². The van der Waals surface area contributed by atoms with Gasteiger partial charge in [-0.25, -0.2) is 4.79 Å². The van der Waals surface area contributed by atoms with Crippen LogP contribution in [0.4, 0.5) is 10.5 Å². The Morgan fingerprint density at radius 2 is 2.22 bits per heavy atom. The molecule has 1 heterocycles. The fourth-order valence-electron chi connectivity index (χ4n) is 2.49. The second-order valence-electron chi connectivity index (χ2n) is 6.29. The van der Waals surface area contributed by atoms with E-state index in [0.717, 1.165) is 0 Å². The fraction of sp³-hybridized carbons (Fsp3) is 0.529. The number of carbonyl (C=O) groups is 2. The van der Waals surface area contributed by atoms with E-state index in [4.69, 9.17) is 9.84 Å². The number of likely N-dealkylation sites (tertiary alicyclic amines) is 1. The van der Waals surface area contributed by atoms with Crippen molar-refractivity contribution in [1.82, 2.24) is 4.90 Å². The Bertz CT molecular complexity index is 559. The molecule has 1 atom stereocenters. The van der Waals surface area contributed by atoms with Gasteiger partial charge in [0.1, 0.15) is 5.75 Å². The number of nitrogens with one attached hydrogen (secondary N) is 1. The Morgan fingerprint density at radius 1 is 1.43 bits per heavy atom. The molecule has 1 fully saturated rings. The number of hydrogen-bond acceptors (Lipinski definition) is 3. The highest BCUT2D eigenvalue weighted by Crippen LogP contribution is 2.21. The summed E-state index contributed by atoms with van der Waals surface area (Å²) < 4.78 is 5.64. The minimum Gasteiger partial charge on any atom is -0.493 e. The van der Waals surface area contributed by atoms with Gasteiger partial charge in [0.15, 0.2) is 0 Å². The Morgan fingerprint density at radius 3 is 2.91 bits per heavy atom. The molecule has 6 heteroatoms. The van der Waals surface area contributed by atoms with E-state index in [2.05, 4.69) is 19.2 Å². The summed E-state index contributed by atoms with van der Waals surface area (Å²) in [6.07, 6.45) is 1.33. The highest BCUT2D eigenvalue weighted by molar-refractivity contribution is 5.90. The minimum atomic E-state index is -0.841. The predicted octanol–water partition coefficient (Wildman–Crippen LogP) is 3.05. The number of carboxylic acids is 1. The Balaban J connectivity index is 1.94. The van der Waals surface area contributed by atoms with Gasteiger partial charge in [-0.05, 0) is 30.9 Å². The van der Waals surface area contributed by atoms with E-state index >= 15 is 0 Å². The Hall–Kier alpha value is -2.24. The van der Waals surface area contributed by atoms with Gasteiger partial charge in [0.2, 0.25) is 0 Å². The molecule has 2 rings (SSSR count). The third-order valence-electron chi connectivity index (χ3n) is 3.73. The first kappa shape index (κ1) is 17.1. The predicted molar refractivity (Wildman–Crippen MR) is 87.7 cm³/mol. The molecule has 0 radical (unpaired) electrons. The van der Waals surface area contributed by atoms with E-state index in [1.54, 1.807) is 17.0 Å². The summed E-state index contributed by atoms with van der Waals surface area (Å²) in [7, 11) is 0. The average molecular weight is 320 g/mol. The first-order chi connectivity index (χ1) is 11.0. The standard InChI is InChI=1S/C17H24N2O4/c1-12(2)11-23-15-7-3-6-14(9-15)18-17(22)19-8-4-5-13(10-19)16(20)21/h3,6-7,9,12-13H,4-5,8,10-11H2,1-2H3,(H,18,22)(H,20,21). The lowest BCUT2D eigenvalue weighted by Crippen LogP contribution is -2.44. The summed E-state index contributed by atoms with van der Waals surface area (Å²) >= 11 is 0. The molecule has 1 aromatic rings. The number of piperidine rings is 1. The number of amides is 2. The van der Waals surface area contributed by atoms with Gasteiger partial charge in [0.05, 0.1) is 12.5 Å². The third kappa shape index (κ3) is 5.16. The summed E-state index contributed by atoms with van der Waals surface area (Å²) in [5, 5.41) is 11.9. The summed E-state index contributed by atoms with van der Waals surface area (Å²) in [5.74, 6) is -0.185. The molecule has 23 heavy (non-hydrogen) atoms. The minimum absolute atomic E-state index is 0.255. The molecule has 1 aliphatic rings. The van der Waals surface area contributed by atoms with Crippen LogP contribution in [-0.4, -0.2) is 41.7 Å². The number of carboxylic acid groups (broad SMARTS) is 1. The highest BCUT2D eigenvalue weighted by Gasteiger charge is 2.28. The van der Waals surface area contributed by atoms with Gasteiger partial charge in [-0.2, -0.15) is 0 Å². The summed E-state index contributed by atoms with van der Waals surface area (Å²) in [5.41, 5.74) is 0.647. The normalized spacial score (nSPS) is 17.9. The summed E-state index contributed by atoms with van der Waals surface area (Å²) in [4.78, 5) is 24.9. The average Bonchev–Trinajstić information content (AvgIpc) is 2.53. The Kier molecular flexibility index (Phi) is 5.84. The molecule has 0 aliphatic carbocycles. The zero-order chi connectivity index (χ0) is 16.8. The van der Waals surface area contributed by atoms with Crippen LogP contribution in [-0.2, 0) is 4.79 Å². The molecule has 1 saturated heterocycles. The van der Waals surface area contributed by atoms with Crippen LogP contribution in [0, 0.1) is 11.8 Å². The molecule has 2 N–H and O–H groups in total. The first-order valence-corrected chi connectivity index (χ1v) is 7.97. The van der Waals surface area contributed by atoms with Crippen molar-refractivity contribution in [3.8, 4) is 5.75 Å². The molecule has 1 unspecified atom stereocenters. The van der Waals surface area contributed by atoms with Crippen molar-refractivity contribution < 1.29 is 19.4 Å². The van der Waals surface area contributed by atoms with Gasteiger partial charge >= 0.3 is 12.0 Å². The van der Waals surface area contributed by atoms with Crippen LogP contribution in [0.25, 0.3) is 0 Å². The van der Waals surface area contributed by atoms with Crippen LogP contribution in [0.15, 0.2) is 24.3 Å². The SMILES string of the molecule is CC(C)COc1cccc(NC(=O)N2CCCC(C(=O)O)C2)c1. The summed E-state index contributed by atoms with van der Waals surface area (Å²) in [6, 6.07) is 6.97. The molecule has 126 valence electrons. The van der Waals surface area contributed by atoms with Gasteiger partial charge in [0, 0.05) is 24.8 Å². The number of nitrogens with zero attached hydrogens (tertiary/aromatic N) is 1. The maximum atomic E-state index is 12.3. The third-order valence-corrected chi connectivity index (χ3v) is 3.73. The maximum Gasteiger partial charge on any atom is 0.321 e. The first-order valence-electron chi connectivity index (χ1n) is 7.97. The van der Waals surface area contributed by atoms with E-state index in [0.29, 0.717) is 43.3 Å². The highest BCUT2D eigenvalue weighted by atomic mass is 16.5. The van der Waals surface area contributed by atoms with Crippen molar-refractivity contribution in [1.29, 1.82) is 0 Å². The topological polar surface area (TPSA) is 78.9 Å².